The molecule has 1 amide bonds. The van der Waals surface area contributed by atoms with Crippen molar-refractivity contribution in [3.63, 3.8) is 0 Å². The van der Waals surface area contributed by atoms with Gasteiger partial charge in [-0.2, -0.15) is 0 Å². The normalized spacial score (nSPS) is 17.2. The van der Waals surface area contributed by atoms with Crippen molar-refractivity contribution in [2.45, 2.75) is 17.4 Å². The highest BCUT2D eigenvalue weighted by molar-refractivity contribution is 7.92. The molecule has 0 aromatic heterocycles. The van der Waals surface area contributed by atoms with Crippen molar-refractivity contribution in [2.24, 2.45) is 5.73 Å². The third kappa shape index (κ3) is 3.97. The van der Waals surface area contributed by atoms with Gasteiger partial charge in [0.15, 0.2) is 0 Å². The lowest BCUT2D eigenvalue weighted by molar-refractivity contribution is 0.0791. The number of rotatable bonds is 5. The van der Waals surface area contributed by atoms with E-state index in [0.29, 0.717) is 30.1 Å². The van der Waals surface area contributed by atoms with E-state index in [4.69, 9.17) is 10.5 Å². The third-order valence-corrected chi connectivity index (χ3v) is 5.66. The molecule has 7 nitrogen and oxygen atoms in total. The quantitative estimate of drug-likeness (QED) is 0.828. The maximum absolute atomic E-state index is 12.5. The molecule has 0 radical (unpaired) electrons. The summed E-state index contributed by atoms with van der Waals surface area (Å²) in [5, 5.41) is 0. The largest absolute Gasteiger partial charge is 0.497 e. The summed E-state index contributed by atoms with van der Waals surface area (Å²) in [6.07, 6.45) is 0.782. The predicted octanol–water partition coefficient (Wildman–Crippen LogP) is 1.67. The monoisotopic (exact) mass is 375 g/mol. The Balaban J connectivity index is 1.73. The Morgan fingerprint density at radius 1 is 1.15 bits per heavy atom. The number of nitrogens with zero attached hydrogens (tertiary/aromatic N) is 1. The third-order valence-electron chi connectivity index (χ3n) is 4.27. The maximum atomic E-state index is 12.5. The minimum absolute atomic E-state index is 0.00676. The van der Waals surface area contributed by atoms with Gasteiger partial charge in [-0.25, -0.2) is 8.42 Å². The van der Waals surface area contributed by atoms with Crippen LogP contribution in [0.3, 0.4) is 0 Å². The zero-order valence-corrected chi connectivity index (χ0v) is 15.2. The number of sulfonamides is 1. The van der Waals surface area contributed by atoms with Crippen molar-refractivity contribution in [3.8, 4) is 5.75 Å². The molecule has 1 aliphatic heterocycles. The number of carbonyl (C=O) groups excluding carboxylic acids is 1. The van der Waals surface area contributed by atoms with E-state index in [9.17, 15) is 13.2 Å². The SMILES string of the molecule is COc1ccc(NS(=O)(=O)c2ccc(C(=O)N3CC[C@@H](N)C3)cc2)cc1. The minimum Gasteiger partial charge on any atom is -0.497 e. The molecule has 138 valence electrons. The second-order valence-corrected chi connectivity index (χ2v) is 7.84. The van der Waals surface area contributed by atoms with Gasteiger partial charge in [0.1, 0.15) is 5.75 Å². The summed E-state index contributed by atoms with van der Waals surface area (Å²) in [4.78, 5) is 14.2. The summed E-state index contributed by atoms with van der Waals surface area (Å²) in [5.74, 6) is 0.502. The Labute approximate surface area is 152 Å². The first-order chi connectivity index (χ1) is 12.4. The van der Waals surface area contributed by atoms with E-state index in [1.807, 2.05) is 0 Å². The predicted molar refractivity (Wildman–Crippen MR) is 98.7 cm³/mol. The van der Waals surface area contributed by atoms with Gasteiger partial charge in [0.2, 0.25) is 0 Å². The summed E-state index contributed by atoms with van der Waals surface area (Å²) < 4.78 is 32.5. The lowest BCUT2D eigenvalue weighted by Gasteiger charge is -2.16. The van der Waals surface area contributed by atoms with Gasteiger partial charge in [0.05, 0.1) is 12.0 Å². The topological polar surface area (TPSA) is 102 Å². The molecule has 1 saturated heterocycles. The zero-order chi connectivity index (χ0) is 18.7. The number of methoxy groups -OCH3 is 1. The molecule has 1 heterocycles. The number of amides is 1. The molecule has 26 heavy (non-hydrogen) atoms. The van der Waals surface area contributed by atoms with Gasteiger partial charge >= 0.3 is 0 Å². The Bertz CT molecular complexity index is 880. The molecular weight excluding hydrogens is 354 g/mol. The number of nitrogens with one attached hydrogen (secondary N) is 1. The van der Waals surface area contributed by atoms with Gasteiger partial charge in [-0.3, -0.25) is 9.52 Å². The van der Waals surface area contributed by atoms with E-state index in [1.54, 1.807) is 29.2 Å². The summed E-state index contributed by atoms with van der Waals surface area (Å²) in [6, 6.07) is 12.5. The Morgan fingerprint density at radius 3 is 2.35 bits per heavy atom. The van der Waals surface area contributed by atoms with Crippen molar-refractivity contribution < 1.29 is 17.9 Å². The lowest BCUT2D eigenvalue weighted by Crippen LogP contribution is -2.31. The van der Waals surface area contributed by atoms with Gasteiger partial charge in [0, 0.05) is 30.4 Å². The fourth-order valence-corrected chi connectivity index (χ4v) is 3.86. The second kappa shape index (κ2) is 7.35. The molecular formula is C18H21N3O4S. The van der Waals surface area contributed by atoms with Gasteiger partial charge in [-0.15, -0.1) is 0 Å². The number of hydrogen-bond donors (Lipinski definition) is 2. The van der Waals surface area contributed by atoms with Crippen LogP contribution in [0.1, 0.15) is 16.8 Å². The Hall–Kier alpha value is -2.58. The molecule has 2 aromatic rings. The molecule has 1 atom stereocenters. The van der Waals surface area contributed by atoms with Crippen LogP contribution >= 0.6 is 0 Å². The molecule has 0 spiro atoms. The Kier molecular flexibility index (Phi) is 5.15. The van der Waals surface area contributed by atoms with Crippen LogP contribution in [0.25, 0.3) is 0 Å². The van der Waals surface area contributed by atoms with E-state index in [2.05, 4.69) is 4.72 Å². The van der Waals surface area contributed by atoms with Gasteiger partial charge in [-0.05, 0) is 55.0 Å². The molecule has 2 aromatic carbocycles. The average molecular weight is 375 g/mol. The maximum Gasteiger partial charge on any atom is 0.261 e. The van der Waals surface area contributed by atoms with Crippen LogP contribution in [0.5, 0.6) is 5.75 Å². The van der Waals surface area contributed by atoms with E-state index >= 15 is 0 Å². The van der Waals surface area contributed by atoms with Crippen LogP contribution in [-0.4, -0.2) is 45.5 Å². The van der Waals surface area contributed by atoms with Crippen molar-refractivity contribution in [1.29, 1.82) is 0 Å². The summed E-state index contributed by atoms with van der Waals surface area (Å²) in [6.45, 7) is 1.15. The number of benzene rings is 2. The molecule has 0 bridgehead atoms. The summed E-state index contributed by atoms with van der Waals surface area (Å²) in [5.41, 5.74) is 6.70. The highest BCUT2D eigenvalue weighted by atomic mass is 32.2. The molecule has 0 unspecified atom stereocenters. The molecule has 3 rings (SSSR count). The molecule has 1 aliphatic rings. The number of anilines is 1. The highest BCUT2D eigenvalue weighted by Crippen LogP contribution is 2.20. The standard InChI is InChI=1S/C18H21N3O4S/c1-25-16-6-4-15(5-7-16)20-26(23,24)17-8-2-13(3-9-17)18(22)21-11-10-14(19)12-21/h2-9,14,20H,10-12,19H2,1H3/t14-/m1/s1. The van der Waals surface area contributed by atoms with Crippen molar-refractivity contribution in [2.75, 3.05) is 24.9 Å². The van der Waals surface area contributed by atoms with Crippen LogP contribution in [0, 0.1) is 0 Å². The number of carbonyl (C=O) groups is 1. The minimum atomic E-state index is -3.74. The van der Waals surface area contributed by atoms with Crippen LogP contribution in [0.15, 0.2) is 53.4 Å². The average Bonchev–Trinajstić information content (AvgIpc) is 3.08. The van der Waals surface area contributed by atoms with Crippen molar-refractivity contribution in [1.82, 2.24) is 4.90 Å². The number of hydrogen-bond acceptors (Lipinski definition) is 5. The van der Waals surface area contributed by atoms with E-state index in [0.717, 1.165) is 6.42 Å². The smallest absolute Gasteiger partial charge is 0.261 e. The number of ether oxygens (including phenoxy) is 1. The molecule has 0 saturated carbocycles. The van der Waals surface area contributed by atoms with E-state index in [-0.39, 0.29) is 16.8 Å². The number of likely N-dealkylation sites (tertiary alicyclic amines) is 1. The summed E-state index contributed by atoms with van der Waals surface area (Å²) in [7, 11) is -2.20. The van der Waals surface area contributed by atoms with E-state index < -0.39 is 10.0 Å². The zero-order valence-electron chi connectivity index (χ0n) is 14.4. The first kappa shape index (κ1) is 18.2. The fourth-order valence-electron chi connectivity index (χ4n) is 2.80. The lowest BCUT2D eigenvalue weighted by atomic mass is 10.2. The number of nitrogens with two attached hydrogens (primary N) is 1. The van der Waals surface area contributed by atoms with Crippen LogP contribution < -0.4 is 15.2 Å². The van der Waals surface area contributed by atoms with Crippen LogP contribution in [-0.2, 0) is 10.0 Å². The van der Waals surface area contributed by atoms with Gasteiger partial charge in [-0.1, -0.05) is 0 Å². The van der Waals surface area contributed by atoms with Crippen LogP contribution in [0.4, 0.5) is 5.69 Å². The second-order valence-electron chi connectivity index (χ2n) is 6.16. The first-order valence-corrected chi connectivity index (χ1v) is 9.69. The Morgan fingerprint density at radius 2 is 1.81 bits per heavy atom. The molecule has 8 heteroatoms. The highest BCUT2D eigenvalue weighted by Gasteiger charge is 2.25. The van der Waals surface area contributed by atoms with Crippen LogP contribution in [0.2, 0.25) is 0 Å². The summed E-state index contributed by atoms with van der Waals surface area (Å²) >= 11 is 0. The van der Waals surface area contributed by atoms with Gasteiger partial charge < -0.3 is 15.4 Å². The van der Waals surface area contributed by atoms with Crippen molar-refractivity contribution in [3.05, 3.63) is 54.1 Å². The molecule has 3 N–H and O–H groups in total. The molecule has 1 fully saturated rings. The molecule has 0 aliphatic carbocycles. The van der Waals surface area contributed by atoms with Crippen molar-refractivity contribution >= 4 is 21.6 Å². The first-order valence-electron chi connectivity index (χ1n) is 8.21. The van der Waals surface area contributed by atoms with E-state index in [1.165, 1.54) is 31.4 Å². The fraction of sp³-hybridized carbons (Fsp3) is 0.278. The van der Waals surface area contributed by atoms with Gasteiger partial charge in [0.25, 0.3) is 15.9 Å².